The Morgan fingerprint density at radius 3 is 0.804 bits per heavy atom. The van der Waals surface area contributed by atoms with Crippen LogP contribution in [0.5, 0.6) is 0 Å². The van der Waals surface area contributed by atoms with Gasteiger partial charge in [-0.15, -0.1) is 0 Å². The Kier molecular flexibility index (Phi) is 73.0. The van der Waals surface area contributed by atoms with Crippen molar-refractivity contribution in [3.8, 4) is 0 Å². The number of rotatable bonds is 79. The molecule has 0 aliphatic rings. The standard InChI is InChI=1S/C82H162NO8P/c1-6-8-10-12-14-16-18-20-22-24-26-28-30-32-34-36-38-39-40-41-42-43-45-47-49-51-53-55-57-59-61-63-65-67-69-71-73-75-82(85)91-80(79-90-92(86,87)89-77-76-83(3,4)5)78-88-81(84)74-72-70-68-66-64-62-60-58-56-54-52-50-48-46-44-37-35-33-31-29-27-25-23-21-19-17-15-13-11-9-7-2/h24,26,80H,6-23,25,27-79H2,1-5H3/p+1/b26-24-. The number of esters is 2. The SMILES string of the molecule is CCCCCCCCCC/C=C\CCCCCCCCCCCCCCCCCCCCCCCCCCCC(=O)OC(COC(=O)CCCCCCCCCCCCCCCCCCCCCCCCCCCCCCCCC)COP(=O)(O)OCC[N+](C)(C)C. The molecular weight excluding hydrogens is 1160 g/mol. The van der Waals surface area contributed by atoms with Crippen molar-refractivity contribution in [2.24, 2.45) is 0 Å². The van der Waals surface area contributed by atoms with E-state index < -0.39 is 26.5 Å². The Morgan fingerprint density at radius 2 is 0.554 bits per heavy atom. The first-order valence-electron chi connectivity index (χ1n) is 41.4. The highest BCUT2D eigenvalue weighted by Gasteiger charge is 2.27. The summed E-state index contributed by atoms with van der Waals surface area (Å²) in [4.78, 5) is 36.0. The molecule has 0 aliphatic carbocycles. The predicted octanol–water partition coefficient (Wildman–Crippen LogP) is 27.4. The van der Waals surface area contributed by atoms with Gasteiger partial charge < -0.3 is 18.9 Å². The van der Waals surface area contributed by atoms with E-state index in [4.69, 9.17) is 18.5 Å². The number of ether oxygens (including phenoxy) is 2. The van der Waals surface area contributed by atoms with Crippen LogP contribution in [0.3, 0.4) is 0 Å². The number of hydrogen-bond acceptors (Lipinski definition) is 7. The number of likely N-dealkylation sites (N-methyl/N-ethyl adjacent to an activating group) is 1. The van der Waals surface area contributed by atoms with E-state index >= 15 is 0 Å². The molecule has 9 nitrogen and oxygen atoms in total. The molecule has 1 N–H and O–H groups in total. The first kappa shape index (κ1) is 90.8. The minimum Gasteiger partial charge on any atom is -0.462 e. The molecule has 0 bridgehead atoms. The highest BCUT2D eigenvalue weighted by Crippen LogP contribution is 2.43. The van der Waals surface area contributed by atoms with Crippen molar-refractivity contribution in [3.05, 3.63) is 12.2 Å². The summed E-state index contributed by atoms with van der Waals surface area (Å²) in [6.45, 7) is 4.54. The molecule has 0 heterocycles. The first-order chi connectivity index (χ1) is 45.0. The number of unbranched alkanes of at least 4 members (excludes halogenated alkanes) is 63. The third kappa shape index (κ3) is 77.8. The van der Waals surface area contributed by atoms with Crippen LogP contribution in [0, 0.1) is 0 Å². The van der Waals surface area contributed by atoms with Crippen LogP contribution in [-0.4, -0.2) is 74.9 Å². The average Bonchev–Trinajstić information content (AvgIpc) is 2.34. The fraction of sp³-hybridized carbons (Fsp3) is 0.951. The van der Waals surface area contributed by atoms with Crippen LogP contribution in [0.4, 0.5) is 0 Å². The molecule has 10 heteroatoms. The van der Waals surface area contributed by atoms with Crippen LogP contribution >= 0.6 is 7.82 Å². The van der Waals surface area contributed by atoms with Crippen LogP contribution in [0.15, 0.2) is 12.2 Å². The molecule has 2 unspecified atom stereocenters. The highest BCUT2D eigenvalue weighted by molar-refractivity contribution is 7.47. The fourth-order valence-corrected chi connectivity index (χ4v) is 13.7. The maximum absolute atomic E-state index is 12.9. The van der Waals surface area contributed by atoms with Crippen LogP contribution < -0.4 is 0 Å². The minimum atomic E-state index is -4.39. The van der Waals surface area contributed by atoms with Gasteiger partial charge in [0.1, 0.15) is 19.8 Å². The molecule has 0 radical (unpaired) electrons. The van der Waals surface area contributed by atoms with Gasteiger partial charge >= 0.3 is 19.8 Å². The van der Waals surface area contributed by atoms with Crippen molar-refractivity contribution < 1.29 is 42.1 Å². The van der Waals surface area contributed by atoms with E-state index in [1.165, 1.54) is 385 Å². The van der Waals surface area contributed by atoms with E-state index in [0.717, 1.165) is 38.5 Å². The van der Waals surface area contributed by atoms with Gasteiger partial charge in [0.05, 0.1) is 27.7 Å². The van der Waals surface area contributed by atoms with Gasteiger partial charge in [0, 0.05) is 12.8 Å². The van der Waals surface area contributed by atoms with E-state index in [2.05, 4.69) is 26.0 Å². The molecule has 0 aromatic rings. The molecule has 0 fully saturated rings. The molecule has 0 rings (SSSR count). The zero-order valence-corrected chi connectivity index (χ0v) is 63.7. The van der Waals surface area contributed by atoms with Gasteiger partial charge in [0.2, 0.25) is 0 Å². The lowest BCUT2D eigenvalue weighted by Crippen LogP contribution is -2.37. The first-order valence-corrected chi connectivity index (χ1v) is 42.9. The van der Waals surface area contributed by atoms with Crippen LogP contribution in [0.25, 0.3) is 0 Å². The normalized spacial score (nSPS) is 13.0. The Bertz CT molecular complexity index is 1550. The lowest BCUT2D eigenvalue weighted by Gasteiger charge is -2.24. The Morgan fingerprint density at radius 1 is 0.326 bits per heavy atom. The highest BCUT2D eigenvalue weighted by atomic mass is 31.2. The lowest BCUT2D eigenvalue weighted by atomic mass is 10.0. The molecule has 0 aromatic heterocycles. The Hall–Kier alpha value is -1.25. The van der Waals surface area contributed by atoms with Gasteiger partial charge in [-0.2, -0.15) is 0 Å². The number of phosphoric acid groups is 1. The smallest absolute Gasteiger partial charge is 0.462 e. The summed E-state index contributed by atoms with van der Waals surface area (Å²) in [5.41, 5.74) is 0. The Balaban J connectivity index is 3.87. The quantitative estimate of drug-likeness (QED) is 0.0211. The van der Waals surface area contributed by atoms with E-state index in [0.29, 0.717) is 17.4 Å². The van der Waals surface area contributed by atoms with E-state index in [-0.39, 0.29) is 25.6 Å². The summed E-state index contributed by atoms with van der Waals surface area (Å²) in [7, 11) is 1.51. The van der Waals surface area contributed by atoms with Crippen molar-refractivity contribution in [2.75, 3.05) is 47.5 Å². The summed E-state index contributed by atoms with van der Waals surface area (Å²) >= 11 is 0. The van der Waals surface area contributed by atoms with E-state index in [1.807, 2.05) is 21.1 Å². The second kappa shape index (κ2) is 74.0. The lowest BCUT2D eigenvalue weighted by molar-refractivity contribution is -0.870. The molecule has 0 amide bonds. The summed E-state index contributed by atoms with van der Waals surface area (Å²) < 4.78 is 34.9. The fourth-order valence-electron chi connectivity index (χ4n) is 13.0. The third-order valence-electron chi connectivity index (χ3n) is 19.3. The second-order valence-corrected chi connectivity index (χ2v) is 31.3. The van der Waals surface area contributed by atoms with Crippen LogP contribution in [-0.2, 0) is 32.7 Å². The third-order valence-corrected chi connectivity index (χ3v) is 20.3. The van der Waals surface area contributed by atoms with Crippen molar-refractivity contribution in [2.45, 2.75) is 457 Å². The van der Waals surface area contributed by atoms with Gasteiger partial charge in [-0.05, 0) is 38.5 Å². The number of hydrogen-bond donors (Lipinski definition) is 1. The molecule has 92 heavy (non-hydrogen) atoms. The second-order valence-electron chi connectivity index (χ2n) is 29.9. The number of allylic oxidation sites excluding steroid dienone is 2. The number of quaternary nitrogens is 1. The van der Waals surface area contributed by atoms with Crippen molar-refractivity contribution in [3.63, 3.8) is 0 Å². The number of carbonyl (C=O) groups excluding carboxylic acids is 2. The average molecular weight is 1320 g/mol. The number of carbonyl (C=O) groups is 2. The van der Waals surface area contributed by atoms with Crippen LogP contribution in [0.1, 0.15) is 450 Å². The molecule has 548 valence electrons. The van der Waals surface area contributed by atoms with Gasteiger partial charge in [0.25, 0.3) is 0 Å². The molecule has 0 aliphatic heterocycles. The maximum Gasteiger partial charge on any atom is 0.472 e. The van der Waals surface area contributed by atoms with Crippen LogP contribution in [0.2, 0.25) is 0 Å². The summed E-state index contributed by atoms with van der Waals surface area (Å²) in [6, 6.07) is 0. The van der Waals surface area contributed by atoms with Gasteiger partial charge in [-0.25, -0.2) is 4.57 Å². The number of nitrogens with zero attached hydrogens (tertiary/aromatic N) is 1. The zero-order chi connectivity index (χ0) is 66.9. The molecule has 0 spiro atoms. The summed E-state index contributed by atoms with van der Waals surface area (Å²) in [5.74, 6) is -0.765. The summed E-state index contributed by atoms with van der Waals surface area (Å²) in [6.07, 6.45) is 93.8. The molecule has 0 saturated heterocycles. The van der Waals surface area contributed by atoms with Gasteiger partial charge in [0.15, 0.2) is 6.10 Å². The topological polar surface area (TPSA) is 108 Å². The van der Waals surface area contributed by atoms with Crippen molar-refractivity contribution >= 4 is 19.8 Å². The zero-order valence-electron chi connectivity index (χ0n) is 62.8. The molecule has 0 aromatic carbocycles. The summed E-state index contributed by atoms with van der Waals surface area (Å²) in [5, 5.41) is 0. The minimum absolute atomic E-state index is 0.0371. The maximum atomic E-state index is 12.9. The van der Waals surface area contributed by atoms with Gasteiger partial charge in [-0.3, -0.25) is 18.6 Å². The largest absolute Gasteiger partial charge is 0.472 e. The van der Waals surface area contributed by atoms with E-state index in [9.17, 15) is 19.0 Å². The van der Waals surface area contributed by atoms with Crippen molar-refractivity contribution in [1.82, 2.24) is 0 Å². The Labute approximate surface area is 575 Å². The predicted molar refractivity (Wildman–Crippen MR) is 400 cm³/mol. The monoisotopic (exact) mass is 1320 g/mol. The molecule has 2 atom stereocenters. The number of phosphoric ester groups is 1. The van der Waals surface area contributed by atoms with Gasteiger partial charge in [-0.1, -0.05) is 411 Å². The molecular formula is C82H163NO8P+. The molecule has 0 saturated carbocycles. The van der Waals surface area contributed by atoms with Crippen molar-refractivity contribution in [1.29, 1.82) is 0 Å². The van der Waals surface area contributed by atoms with E-state index in [1.54, 1.807) is 0 Å².